The van der Waals surface area contributed by atoms with Crippen LogP contribution in [0.3, 0.4) is 0 Å². The molecule has 2 N–H and O–H groups in total. The van der Waals surface area contributed by atoms with Crippen molar-refractivity contribution >= 4 is 27.3 Å². The maximum absolute atomic E-state index is 12.8. The van der Waals surface area contributed by atoms with Gasteiger partial charge in [-0.2, -0.15) is 0 Å². The highest BCUT2D eigenvalue weighted by molar-refractivity contribution is 9.10. The van der Waals surface area contributed by atoms with Crippen LogP contribution >= 0.6 is 27.3 Å². The molecule has 1 unspecified atom stereocenters. The van der Waals surface area contributed by atoms with E-state index in [4.69, 9.17) is 5.73 Å². The summed E-state index contributed by atoms with van der Waals surface area (Å²) in [5.74, 6) is -0.213. The van der Waals surface area contributed by atoms with Gasteiger partial charge in [0.15, 0.2) is 0 Å². The Balaban J connectivity index is 2.14. The van der Waals surface area contributed by atoms with E-state index in [1.807, 2.05) is 0 Å². The summed E-state index contributed by atoms with van der Waals surface area (Å²) in [6, 6.07) is 8.53. The smallest absolute Gasteiger partial charge is 0.123 e. The molecule has 0 saturated heterocycles. The summed E-state index contributed by atoms with van der Waals surface area (Å²) in [7, 11) is 0. The minimum atomic E-state index is -0.213. The molecule has 0 radical (unpaired) electrons. The zero-order chi connectivity index (χ0) is 12.4. The van der Waals surface area contributed by atoms with Crippen molar-refractivity contribution in [3.63, 3.8) is 0 Å². The predicted molar refractivity (Wildman–Crippen MR) is 73.8 cm³/mol. The van der Waals surface area contributed by atoms with Crippen molar-refractivity contribution in [1.82, 2.24) is 0 Å². The van der Waals surface area contributed by atoms with Gasteiger partial charge >= 0.3 is 0 Å². The molecule has 1 heterocycles. The Labute approximate surface area is 113 Å². The third-order valence-electron chi connectivity index (χ3n) is 2.54. The molecule has 2 aromatic rings. The largest absolute Gasteiger partial charge is 0.323 e. The fourth-order valence-corrected chi connectivity index (χ4v) is 3.67. The predicted octanol–water partition coefficient (Wildman–Crippen LogP) is 4.20. The zero-order valence-corrected chi connectivity index (χ0v) is 11.8. The van der Waals surface area contributed by atoms with Crippen LogP contribution in [-0.2, 0) is 6.42 Å². The van der Waals surface area contributed by atoms with E-state index >= 15 is 0 Å². The molecule has 0 fully saturated rings. The Morgan fingerprint density at radius 2 is 2.00 bits per heavy atom. The Bertz CT molecular complexity index is 507. The van der Waals surface area contributed by atoms with Gasteiger partial charge in [-0.25, -0.2) is 4.39 Å². The highest BCUT2D eigenvalue weighted by Crippen LogP contribution is 2.32. The molecule has 90 valence electrons. The number of thiophene rings is 1. The van der Waals surface area contributed by atoms with E-state index in [2.05, 4.69) is 28.9 Å². The topological polar surface area (TPSA) is 26.0 Å². The van der Waals surface area contributed by atoms with Gasteiger partial charge in [-0.15, -0.1) is 11.3 Å². The van der Waals surface area contributed by atoms with Gasteiger partial charge < -0.3 is 5.73 Å². The molecule has 0 bridgehead atoms. The summed E-state index contributed by atoms with van der Waals surface area (Å²) in [6.45, 7) is 2.06. The fourth-order valence-electron chi connectivity index (χ4n) is 1.72. The molecule has 0 aliphatic carbocycles. The molecule has 1 aromatic carbocycles. The third-order valence-corrected chi connectivity index (χ3v) is 4.64. The van der Waals surface area contributed by atoms with E-state index in [1.165, 1.54) is 17.0 Å². The van der Waals surface area contributed by atoms with Crippen molar-refractivity contribution in [3.8, 4) is 0 Å². The second-order valence-corrected chi connectivity index (χ2v) is 6.15. The molecule has 17 heavy (non-hydrogen) atoms. The first kappa shape index (κ1) is 12.7. The number of benzene rings is 1. The van der Waals surface area contributed by atoms with E-state index in [9.17, 15) is 4.39 Å². The Morgan fingerprint density at radius 1 is 1.35 bits per heavy atom. The minimum Gasteiger partial charge on any atom is -0.323 e. The molecule has 1 nitrogen and oxygen atoms in total. The summed E-state index contributed by atoms with van der Waals surface area (Å²) in [4.78, 5) is 2.38. The SMILES string of the molecule is Cc1cc(Br)c(C(N)Cc2ccc(F)cc2)s1. The summed E-state index contributed by atoms with van der Waals surface area (Å²) < 4.78 is 13.8. The standard InChI is InChI=1S/C13H13BrFNS/c1-8-6-11(14)13(17-8)12(16)7-9-2-4-10(15)5-3-9/h2-6,12H,7,16H2,1H3. The number of halogens is 2. The van der Waals surface area contributed by atoms with E-state index in [0.717, 1.165) is 21.3 Å². The van der Waals surface area contributed by atoms with Crippen molar-refractivity contribution in [2.75, 3.05) is 0 Å². The van der Waals surface area contributed by atoms with Crippen LogP contribution in [-0.4, -0.2) is 0 Å². The van der Waals surface area contributed by atoms with Crippen LogP contribution in [0.4, 0.5) is 4.39 Å². The molecule has 0 amide bonds. The lowest BCUT2D eigenvalue weighted by Crippen LogP contribution is -2.12. The molecule has 0 aliphatic heterocycles. The number of hydrogen-bond acceptors (Lipinski definition) is 2. The van der Waals surface area contributed by atoms with Gasteiger partial charge in [0.25, 0.3) is 0 Å². The van der Waals surface area contributed by atoms with Crippen LogP contribution in [0.1, 0.15) is 21.4 Å². The zero-order valence-electron chi connectivity index (χ0n) is 9.41. The number of rotatable bonds is 3. The molecule has 0 aliphatic rings. The van der Waals surface area contributed by atoms with Crippen molar-refractivity contribution in [2.24, 2.45) is 5.73 Å². The first-order valence-corrected chi connectivity index (χ1v) is 6.93. The molecular formula is C13H13BrFNS. The Kier molecular flexibility index (Phi) is 3.97. The molecule has 2 rings (SSSR count). The Morgan fingerprint density at radius 3 is 2.53 bits per heavy atom. The minimum absolute atomic E-state index is 0.0477. The van der Waals surface area contributed by atoms with Gasteiger partial charge in [-0.3, -0.25) is 0 Å². The second-order valence-electron chi connectivity index (χ2n) is 4.01. The van der Waals surface area contributed by atoms with E-state index in [1.54, 1.807) is 23.5 Å². The van der Waals surface area contributed by atoms with Gasteiger partial charge in [-0.1, -0.05) is 12.1 Å². The first-order chi connectivity index (χ1) is 8.06. The van der Waals surface area contributed by atoms with Crippen molar-refractivity contribution in [1.29, 1.82) is 0 Å². The fraction of sp³-hybridized carbons (Fsp3) is 0.231. The lowest BCUT2D eigenvalue weighted by atomic mass is 10.1. The second kappa shape index (κ2) is 5.29. The van der Waals surface area contributed by atoms with E-state index in [0.29, 0.717) is 0 Å². The molecule has 0 saturated carbocycles. The normalized spacial score (nSPS) is 12.7. The molecule has 1 aromatic heterocycles. The van der Waals surface area contributed by atoms with Gasteiger partial charge in [0, 0.05) is 20.3 Å². The summed E-state index contributed by atoms with van der Waals surface area (Å²) in [6.07, 6.45) is 0.721. The van der Waals surface area contributed by atoms with Crippen LogP contribution in [0.25, 0.3) is 0 Å². The number of aryl methyl sites for hydroxylation is 1. The number of hydrogen-bond donors (Lipinski definition) is 1. The average Bonchev–Trinajstić information content (AvgIpc) is 2.61. The highest BCUT2D eigenvalue weighted by atomic mass is 79.9. The lowest BCUT2D eigenvalue weighted by Gasteiger charge is -2.10. The maximum atomic E-state index is 12.8. The van der Waals surface area contributed by atoms with Gasteiger partial charge in [0.05, 0.1) is 0 Å². The number of nitrogens with two attached hydrogens (primary N) is 1. The summed E-state index contributed by atoms with van der Waals surface area (Å²) in [5, 5.41) is 0. The lowest BCUT2D eigenvalue weighted by molar-refractivity contribution is 0.625. The first-order valence-electron chi connectivity index (χ1n) is 5.32. The highest BCUT2D eigenvalue weighted by Gasteiger charge is 2.13. The molecular weight excluding hydrogens is 301 g/mol. The van der Waals surface area contributed by atoms with Gasteiger partial charge in [-0.05, 0) is 53.0 Å². The quantitative estimate of drug-likeness (QED) is 0.903. The molecule has 1 atom stereocenters. The van der Waals surface area contributed by atoms with Gasteiger partial charge in [0.1, 0.15) is 5.82 Å². The van der Waals surface area contributed by atoms with Gasteiger partial charge in [0.2, 0.25) is 0 Å². The van der Waals surface area contributed by atoms with Crippen LogP contribution in [0, 0.1) is 12.7 Å². The summed E-state index contributed by atoms with van der Waals surface area (Å²) in [5.41, 5.74) is 7.22. The molecule has 4 heteroatoms. The van der Waals surface area contributed by atoms with Crippen LogP contribution in [0.15, 0.2) is 34.8 Å². The monoisotopic (exact) mass is 313 g/mol. The van der Waals surface area contributed by atoms with Crippen LogP contribution in [0.5, 0.6) is 0 Å². The van der Waals surface area contributed by atoms with E-state index in [-0.39, 0.29) is 11.9 Å². The summed E-state index contributed by atoms with van der Waals surface area (Å²) >= 11 is 5.21. The third kappa shape index (κ3) is 3.15. The van der Waals surface area contributed by atoms with Crippen molar-refractivity contribution < 1.29 is 4.39 Å². The average molecular weight is 314 g/mol. The van der Waals surface area contributed by atoms with Crippen LogP contribution in [0.2, 0.25) is 0 Å². The Hall–Kier alpha value is -0.710. The maximum Gasteiger partial charge on any atom is 0.123 e. The molecule has 0 spiro atoms. The van der Waals surface area contributed by atoms with E-state index < -0.39 is 0 Å². The van der Waals surface area contributed by atoms with Crippen molar-refractivity contribution in [2.45, 2.75) is 19.4 Å². The van der Waals surface area contributed by atoms with Crippen LogP contribution < -0.4 is 5.73 Å². The van der Waals surface area contributed by atoms with Crippen molar-refractivity contribution in [3.05, 3.63) is 55.9 Å².